The van der Waals surface area contributed by atoms with Gasteiger partial charge in [-0.3, -0.25) is 4.79 Å². The number of carboxylic acids is 1. The highest BCUT2D eigenvalue weighted by atomic mass is 19.1. The fraction of sp³-hybridized carbons (Fsp3) is 0.345. The van der Waals surface area contributed by atoms with Gasteiger partial charge in [0.05, 0.1) is 25.2 Å². The predicted molar refractivity (Wildman–Crippen MR) is 141 cm³/mol. The molecule has 0 heterocycles. The molecule has 198 valence electrons. The minimum Gasteiger partial charge on any atom is -0.497 e. The Kier molecular flexibility index (Phi) is 10.9. The summed E-state index contributed by atoms with van der Waals surface area (Å²) in [5.41, 5.74) is 9.06. The quantitative estimate of drug-likeness (QED) is 0.179. The van der Waals surface area contributed by atoms with Gasteiger partial charge in [0.2, 0.25) is 0 Å². The Morgan fingerprint density at radius 3 is 2.19 bits per heavy atom. The van der Waals surface area contributed by atoms with Crippen molar-refractivity contribution in [2.75, 3.05) is 25.8 Å². The van der Waals surface area contributed by atoms with Gasteiger partial charge in [0, 0.05) is 18.8 Å². The first-order chi connectivity index (χ1) is 17.9. The molecule has 0 saturated heterocycles. The third-order valence-corrected chi connectivity index (χ3v) is 6.24. The van der Waals surface area contributed by atoms with Crippen molar-refractivity contribution in [2.24, 2.45) is 11.7 Å². The lowest BCUT2D eigenvalue weighted by atomic mass is 9.87. The first-order valence-electron chi connectivity index (χ1n) is 12.3. The zero-order valence-electron chi connectivity index (χ0n) is 21.2. The topological polar surface area (TPSA) is 103 Å². The Hall–Kier alpha value is -3.46. The summed E-state index contributed by atoms with van der Waals surface area (Å²) >= 11 is 0. The van der Waals surface area contributed by atoms with Crippen LogP contribution in [0.2, 0.25) is 0 Å². The number of rotatable bonds is 15. The molecule has 0 aliphatic rings. The van der Waals surface area contributed by atoms with Crippen LogP contribution in [0.3, 0.4) is 0 Å². The molecule has 7 nitrogen and oxygen atoms in total. The standard InChI is InChI=1S/C29H35FN2O5/c1-3-36-19-37-27(21-6-10-23(30)11-7-21)17-16-26(29(33)34)28(22-8-14-25(35-2)15-9-22)32-24-12-4-20(18-31)5-13-24/h4-15,26-28,32H,3,16-19,31H2,1-2H3,(H,33,34)/t26?,27?,28-/m1/s1. The molecule has 0 aliphatic carbocycles. The van der Waals surface area contributed by atoms with Crippen molar-refractivity contribution in [3.05, 3.63) is 95.3 Å². The fourth-order valence-corrected chi connectivity index (χ4v) is 4.14. The van der Waals surface area contributed by atoms with Crippen molar-refractivity contribution in [3.8, 4) is 5.75 Å². The zero-order valence-corrected chi connectivity index (χ0v) is 21.2. The first-order valence-corrected chi connectivity index (χ1v) is 12.3. The molecule has 0 saturated carbocycles. The van der Waals surface area contributed by atoms with Crippen LogP contribution in [0, 0.1) is 11.7 Å². The zero-order chi connectivity index (χ0) is 26.6. The molecule has 0 aliphatic heterocycles. The summed E-state index contributed by atoms with van der Waals surface area (Å²) in [4.78, 5) is 12.6. The van der Waals surface area contributed by atoms with Crippen LogP contribution in [0.1, 0.15) is 48.6 Å². The van der Waals surface area contributed by atoms with Crippen molar-refractivity contribution < 1.29 is 28.5 Å². The van der Waals surface area contributed by atoms with E-state index in [1.54, 1.807) is 19.2 Å². The second-order valence-electron chi connectivity index (χ2n) is 8.64. The number of nitrogens with one attached hydrogen (secondary N) is 1. The van der Waals surface area contributed by atoms with E-state index in [4.69, 9.17) is 19.9 Å². The highest BCUT2D eigenvalue weighted by Crippen LogP contribution is 2.34. The molecule has 3 aromatic rings. The number of anilines is 1. The van der Waals surface area contributed by atoms with Crippen molar-refractivity contribution >= 4 is 11.7 Å². The van der Waals surface area contributed by atoms with E-state index in [-0.39, 0.29) is 12.6 Å². The number of aliphatic carboxylic acids is 1. The van der Waals surface area contributed by atoms with Gasteiger partial charge in [-0.15, -0.1) is 0 Å². The van der Waals surface area contributed by atoms with Gasteiger partial charge in [0.15, 0.2) is 0 Å². The van der Waals surface area contributed by atoms with Crippen molar-refractivity contribution in [3.63, 3.8) is 0 Å². The summed E-state index contributed by atoms with van der Waals surface area (Å²) in [6, 6.07) is 20.5. The summed E-state index contributed by atoms with van der Waals surface area (Å²) in [5, 5.41) is 13.7. The highest BCUT2D eigenvalue weighted by molar-refractivity contribution is 5.72. The third-order valence-electron chi connectivity index (χ3n) is 6.24. The smallest absolute Gasteiger partial charge is 0.308 e. The van der Waals surface area contributed by atoms with Crippen molar-refractivity contribution in [1.29, 1.82) is 0 Å². The first kappa shape index (κ1) is 28.1. The molecule has 3 rings (SSSR count). The Labute approximate surface area is 217 Å². The van der Waals surface area contributed by atoms with E-state index in [1.165, 1.54) is 12.1 Å². The number of hydrogen-bond donors (Lipinski definition) is 3. The van der Waals surface area contributed by atoms with E-state index in [2.05, 4.69) is 5.32 Å². The molecule has 8 heteroatoms. The number of ether oxygens (including phenoxy) is 3. The second kappa shape index (κ2) is 14.3. The lowest BCUT2D eigenvalue weighted by molar-refractivity contribution is -0.143. The molecule has 0 aromatic heterocycles. The Morgan fingerprint density at radius 2 is 1.62 bits per heavy atom. The fourth-order valence-electron chi connectivity index (χ4n) is 4.14. The molecule has 0 radical (unpaired) electrons. The molecule has 0 fully saturated rings. The average Bonchev–Trinajstić information content (AvgIpc) is 2.92. The van der Waals surface area contributed by atoms with Crippen LogP contribution in [-0.2, 0) is 20.8 Å². The molecule has 0 spiro atoms. The summed E-state index contributed by atoms with van der Waals surface area (Å²) < 4.78 is 30.1. The van der Waals surface area contributed by atoms with E-state index in [9.17, 15) is 14.3 Å². The van der Waals surface area contributed by atoms with Gasteiger partial charge in [0.25, 0.3) is 0 Å². The van der Waals surface area contributed by atoms with Gasteiger partial charge in [-0.2, -0.15) is 0 Å². The number of methoxy groups -OCH3 is 1. The molecular formula is C29H35FN2O5. The van der Waals surface area contributed by atoms with Crippen LogP contribution in [0.15, 0.2) is 72.8 Å². The van der Waals surface area contributed by atoms with Gasteiger partial charge in [-0.1, -0.05) is 36.4 Å². The number of carboxylic acid groups (broad SMARTS) is 1. The van der Waals surface area contributed by atoms with Gasteiger partial charge in [-0.25, -0.2) is 4.39 Å². The van der Waals surface area contributed by atoms with Crippen molar-refractivity contribution in [1.82, 2.24) is 0 Å². The van der Waals surface area contributed by atoms with Crippen LogP contribution in [-0.4, -0.2) is 31.6 Å². The van der Waals surface area contributed by atoms with E-state index < -0.39 is 24.0 Å². The number of carbonyl (C=O) groups is 1. The second-order valence-corrected chi connectivity index (χ2v) is 8.64. The Bertz CT molecular complexity index is 1090. The summed E-state index contributed by atoms with van der Waals surface area (Å²) in [6.07, 6.45) is 0.249. The van der Waals surface area contributed by atoms with E-state index in [0.717, 1.165) is 22.4 Å². The number of benzene rings is 3. The molecule has 3 atom stereocenters. The summed E-state index contributed by atoms with van der Waals surface area (Å²) in [5.74, 6) is -1.39. The minimum absolute atomic E-state index is 0.0595. The van der Waals surface area contributed by atoms with E-state index >= 15 is 0 Å². The summed E-state index contributed by atoms with van der Waals surface area (Å²) in [6.45, 7) is 2.83. The maximum Gasteiger partial charge on any atom is 0.308 e. The Morgan fingerprint density at radius 1 is 0.973 bits per heavy atom. The highest BCUT2D eigenvalue weighted by Gasteiger charge is 2.31. The van der Waals surface area contributed by atoms with Crippen LogP contribution in [0.4, 0.5) is 10.1 Å². The summed E-state index contributed by atoms with van der Waals surface area (Å²) in [7, 11) is 1.58. The van der Waals surface area contributed by atoms with Crippen LogP contribution >= 0.6 is 0 Å². The number of nitrogens with two attached hydrogens (primary N) is 1. The maximum atomic E-state index is 13.5. The van der Waals surface area contributed by atoms with Gasteiger partial charge >= 0.3 is 5.97 Å². The van der Waals surface area contributed by atoms with Gasteiger partial charge in [0.1, 0.15) is 18.4 Å². The monoisotopic (exact) mass is 510 g/mol. The largest absolute Gasteiger partial charge is 0.497 e. The molecule has 37 heavy (non-hydrogen) atoms. The molecule has 0 amide bonds. The Balaban J connectivity index is 1.87. The van der Waals surface area contributed by atoms with Gasteiger partial charge in [-0.05, 0) is 72.9 Å². The maximum absolute atomic E-state index is 13.5. The number of hydrogen-bond acceptors (Lipinski definition) is 6. The van der Waals surface area contributed by atoms with Crippen LogP contribution < -0.4 is 15.8 Å². The molecule has 0 bridgehead atoms. The molecule has 2 unspecified atom stereocenters. The van der Waals surface area contributed by atoms with Crippen LogP contribution in [0.25, 0.3) is 0 Å². The normalized spacial score (nSPS) is 13.5. The number of halogens is 1. The lowest BCUT2D eigenvalue weighted by Gasteiger charge is -2.28. The van der Waals surface area contributed by atoms with Crippen molar-refractivity contribution in [2.45, 2.75) is 38.5 Å². The predicted octanol–water partition coefficient (Wildman–Crippen LogP) is 5.68. The molecular weight excluding hydrogens is 475 g/mol. The third kappa shape index (κ3) is 8.28. The SMILES string of the molecule is CCOCOC(CCC(C(=O)O)[C@H](Nc1ccc(CN)cc1)c1ccc(OC)cc1)c1ccc(F)cc1. The molecule has 3 aromatic carbocycles. The average molecular weight is 511 g/mol. The van der Waals surface area contributed by atoms with E-state index in [0.29, 0.717) is 31.7 Å². The molecule has 4 N–H and O–H groups in total. The van der Waals surface area contributed by atoms with Crippen LogP contribution in [0.5, 0.6) is 5.75 Å². The van der Waals surface area contributed by atoms with Gasteiger partial charge < -0.3 is 30.4 Å². The lowest BCUT2D eigenvalue weighted by Crippen LogP contribution is -2.28. The minimum atomic E-state index is -0.936. The van der Waals surface area contributed by atoms with E-state index in [1.807, 2.05) is 55.5 Å².